The summed E-state index contributed by atoms with van der Waals surface area (Å²) in [5, 5.41) is 6.10. The summed E-state index contributed by atoms with van der Waals surface area (Å²) in [5.41, 5.74) is 2.18. The first-order chi connectivity index (χ1) is 12.7. The number of H-pyrrole nitrogens is 2. The fourth-order valence-electron chi connectivity index (χ4n) is 3.55. The van der Waals surface area contributed by atoms with E-state index in [1.807, 2.05) is 20.8 Å². The van der Waals surface area contributed by atoms with E-state index in [2.05, 4.69) is 21.5 Å². The molecular formula is C19H24N4O3S. The molecule has 0 radical (unpaired) electrons. The second kappa shape index (κ2) is 7.19. The highest BCUT2D eigenvalue weighted by molar-refractivity contribution is 7.12. The van der Waals surface area contributed by atoms with E-state index < -0.39 is 0 Å². The summed E-state index contributed by atoms with van der Waals surface area (Å²) in [6.07, 6.45) is 0.471. The molecule has 3 heterocycles. The predicted octanol–water partition coefficient (Wildman–Crippen LogP) is 2.35. The van der Waals surface area contributed by atoms with Crippen molar-refractivity contribution in [3.8, 4) is 0 Å². The molecule has 8 heteroatoms. The molecule has 3 rings (SSSR count). The Morgan fingerprint density at radius 1 is 1.26 bits per heavy atom. The second-order valence-corrected chi connectivity index (χ2v) is 8.40. The number of fused-ring (bicyclic) bond motifs is 1. The van der Waals surface area contributed by atoms with E-state index in [1.165, 1.54) is 14.4 Å². The summed E-state index contributed by atoms with van der Waals surface area (Å²) >= 11 is 1.71. The average molecular weight is 388 g/mol. The van der Waals surface area contributed by atoms with E-state index in [1.54, 1.807) is 25.3 Å². The van der Waals surface area contributed by atoms with Crippen LogP contribution < -0.4 is 16.4 Å². The molecule has 3 aromatic heterocycles. The van der Waals surface area contributed by atoms with Crippen LogP contribution in [0.15, 0.2) is 15.7 Å². The molecule has 0 aliphatic carbocycles. The standard InChI is InChI=1S/C19H24N4O3S/c1-9-8-14(12(4)27-9)11(3)20-15(24)7-6-13-10(2)16-17(21-18(13)25)23(5)22-19(16)26/h8,11H,6-7H2,1-5H3,(H,20,24)(H,21,25)(H,22,26). The Hall–Kier alpha value is -2.61. The number of amides is 1. The van der Waals surface area contributed by atoms with Crippen molar-refractivity contribution in [3.05, 3.63) is 53.2 Å². The van der Waals surface area contributed by atoms with Crippen LogP contribution in [0.2, 0.25) is 0 Å². The number of aromatic amines is 2. The number of hydrogen-bond acceptors (Lipinski definition) is 4. The van der Waals surface area contributed by atoms with Gasteiger partial charge in [0, 0.05) is 28.8 Å². The lowest BCUT2D eigenvalue weighted by Crippen LogP contribution is -2.28. The molecule has 0 aliphatic heterocycles. The van der Waals surface area contributed by atoms with Crippen molar-refractivity contribution in [1.82, 2.24) is 20.1 Å². The lowest BCUT2D eigenvalue weighted by atomic mass is 10.0. The summed E-state index contributed by atoms with van der Waals surface area (Å²) in [5.74, 6) is -0.119. The molecule has 3 N–H and O–H groups in total. The number of carbonyl (C=O) groups excluding carboxylic acids is 1. The van der Waals surface area contributed by atoms with Gasteiger partial charge in [0.25, 0.3) is 11.1 Å². The van der Waals surface area contributed by atoms with E-state index in [9.17, 15) is 14.4 Å². The molecule has 1 amide bonds. The fraction of sp³-hybridized carbons (Fsp3) is 0.421. The Morgan fingerprint density at radius 2 is 1.96 bits per heavy atom. The fourth-order valence-corrected chi connectivity index (χ4v) is 4.57. The lowest BCUT2D eigenvalue weighted by Gasteiger charge is -2.14. The Kier molecular flexibility index (Phi) is 5.10. The van der Waals surface area contributed by atoms with Crippen LogP contribution in [0.1, 0.15) is 45.8 Å². The van der Waals surface area contributed by atoms with Gasteiger partial charge in [0.05, 0.1) is 11.4 Å². The van der Waals surface area contributed by atoms with Gasteiger partial charge in [-0.25, -0.2) is 0 Å². The number of aryl methyl sites for hydroxylation is 4. The van der Waals surface area contributed by atoms with Gasteiger partial charge in [-0.05, 0) is 51.3 Å². The van der Waals surface area contributed by atoms with Crippen LogP contribution in [0.5, 0.6) is 0 Å². The third kappa shape index (κ3) is 3.62. The third-order valence-electron chi connectivity index (χ3n) is 4.93. The van der Waals surface area contributed by atoms with Gasteiger partial charge in [-0.2, -0.15) is 0 Å². The van der Waals surface area contributed by atoms with E-state index in [0.717, 1.165) is 5.56 Å². The topological polar surface area (TPSA) is 99.8 Å². The van der Waals surface area contributed by atoms with Gasteiger partial charge in [0.2, 0.25) is 5.91 Å². The molecule has 0 fully saturated rings. The molecule has 27 heavy (non-hydrogen) atoms. The van der Waals surface area contributed by atoms with Crippen LogP contribution >= 0.6 is 11.3 Å². The van der Waals surface area contributed by atoms with Gasteiger partial charge in [-0.3, -0.25) is 24.2 Å². The molecule has 0 aliphatic rings. The van der Waals surface area contributed by atoms with Crippen molar-refractivity contribution < 1.29 is 4.79 Å². The largest absolute Gasteiger partial charge is 0.350 e. The maximum atomic E-state index is 12.4. The van der Waals surface area contributed by atoms with Crippen LogP contribution in [0, 0.1) is 20.8 Å². The number of hydrogen-bond donors (Lipinski definition) is 3. The van der Waals surface area contributed by atoms with Crippen molar-refractivity contribution >= 4 is 28.3 Å². The van der Waals surface area contributed by atoms with Crippen LogP contribution in [0.4, 0.5) is 0 Å². The van der Waals surface area contributed by atoms with E-state index >= 15 is 0 Å². The number of pyridine rings is 1. The zero-order chi connectivity index (χ0) is 19.9. The Labute approximate surface area is 160 Å². The molecule has 0 saturated carbocycles. The Morgan fingerprint density at radius 3 is 2.59 bits per heavy atom. The maximum Gasteiger partial charge on any atom is 0.273 e. The molecule has 1 atom stereocenters. The normalized spacial score (nSPS) is 12.5. The van der Waals surface area contributed by atoms with E-state index in [0.29, 0.717) is 22.2 Å². The smallest absolute Gasteiger partial charge is 0.273 e. The number of aromatic nitrogens is 3. The van der Waals surface area contributed by atoms with Crippen molar-refractivity contribution in [2.24, 2.45) is 7.05 Å². The van der Waals surface area contributed by atoms with Gasteiger partial charge in [0.1, 0.15) is 5.65 Å². The van der Waals surface area contributed by atoms with Crippen molar-refractivity contribution in [3.63, 3.8) is 0 Å². The minimum absolute atomic E-state index is 0.0821. The highest BCUT2D eigenvalue weighted by Gasteiger charge is 2.17. The summed E-state index contributed by atoms with van der Waals surface area (Å²) in [6.45, 7) is 7.80. The minimum atomic E-state index is -0.264. The van der Waals surface area contributed by atoms with Crippen LogP contribution in [-0.4, -0.2) is 20.7 Å². The monoisotopic (exact) mass is 388 g/mol. The molecule has 7 nitrogen and oxygen atoms in total. The Bertz CT molecular complexity index is 1130. The zero-order valence-corrected chi connectivity index (χ0v) is 17.0. The highest BCUT2D eigenvalue weighted by atomic mass is 32.1. The molecule has 0 spiro atoms. The first-order valence-corrected chi connectivity index (χ1v) is 9.67. The number of rotatable bonds is 5. The van der Waals surface area contributed by atoms with Gasteiger partial charge in [-0.1, -0.05) is 0 Å². The highest BCUT2D eigenvalue weighted by Crippen LogP contribution is 2.26. The molecule has 3 aromatic rings. The van der Waals surface area contributed by atoms with Gasteiger partial charge in [0.15, 0.2) is 0 Å². The zero-order valence-electron chi connectivity index (χ0n) is 16.1. The van der Waals surface area contributed by atoms with Crippen LogP contribution in [0.25, 0.3) is 11.0 Å². The van der Waals surface area contributed by atoms with Gasteiger partial charge in [-0.15, -0.1) is 11.3 Å². The SMILES string of the molecule is Cc1cc(C(C)NC(=O)CCc2c(C)c3c(=O)[nH]n(C)c3[nH]c2=O)c(C)s1. The number of thiophene rings is 1. The quantitative estimate of drug-likeness (QED) is 0.625. The lowest BCUT2D eigenvalue weighted by molar-refractivity contribution is -0.121. The van der Waals surface area contributed by atoms with E-state index in [-0.39, 0.29) is 35.9 Å². The summed E-state index contributed by atoms with van der Waals surface area (Å²) in [4.78, 5) is 42.0. The predicted molar refractivity (Wildman–Crippen MR) is 108 cm³/mol. The van der Waals surface area contributed by atoms with Crippen LogP contribution in [0.3, 0.4) is 0 Å². The molecule has 0 aromatic carbocycles. The Balaban J connectivity index is 1.76. The number of nitrogens with zero attached hydrogens (tertiary/aromatic N) is 1. The number of carbonyl (C=O) groups is 1. The maximum absolute atomic E-state index is 12.4. The van der Waals surface area contributed by atoms with Gasteiger partial charge >= 0.3 is 0 Å². The van der Waals surface area contributed by atoms with Crippen LogP contribution in [-0.2, 0) is 18.3 Å². The first kappa shape index (κ1) is 19.2. The second-order valence-electron chi connectivity index (χ2n) is 6.94. The molecular weight excluding hydrogens is 364 g/mol. The summed E-state index contributed by atoms with van der Waals surface area (Å²) in [7, 11) is 1.67. The number of nitrogens with one attached hydrogen (secondary N) is 3. The molecule has 0 saturated heterocycles. The van der Waals surface area contributed by atoms with Crippen molar-refractivity contribution in [2.45, 2.75) is 46.6 Å². The van der Waals surface area contributed by atoms with E-state index in [4.69, 9.17) is 0 Å². The summed E-state index contributed by atoms with van der Waals surface area (Å²) < 4.78 is 1.50. The molecule has 1 unspecified atom stereocenters. The minimum Gasteiger partial charge on any atom is -0.350 e. The first-order valence-electron chi connectivity index (χ1n) is 8.85. The molecule has 144 valence electrons. The summed E-state index contributed by atoms with van der Waals surface area (Å²) in [6, 6.07) is 2.01. The van der Waals surface area contributed by atoms with Gasteiger partial charge < -0.3 is 10.3 Å². The van der Waals surface area contributed by atoms with Crippen molar-refractivity contribution in [1.29, 1.82) is 0 Å². The third-order valence-corrected chi connectivity index (χ3v) is 5.91. The average Bonchev–Trinajstić information content (AvgIpc) is 3.05. The van der Waals surface area contributed by atoms with Crippen molar-refractivity contribution in [2.75, 3.05) is 0 Å². The molecule has 0 bridgehead atoms.